The summed E-state index contributed by atoms with van der Waals surface area (Å²) >= 11 is 1.56. The molecule has 2 rings (SSSR count). The van der Waals surface area contributed by atoms with Crippen LogP contribution in [-0.2, 0) is 16.6 Å². The Morgan fingerprint density at radius 1 is 1.29 bits per heavy atom. The summed E-state index contributed by atoms with van der Waals surface area (Å²) in [5.41, 5.74) is 7.86. The van der Waals surface area contributed by atoms with E-state index in [4.69, 9.17) is 5.73 Å². The van der Waals surface area contributed by atoms with E-state index in [0.29, 0.717) is 5.56 Å². The lowest BCUT2D eigenvalue weighted by atomic mass is 10.2. The van der Waals surface area contributed by atoms with Crippen LogP contribution in [0.3, 0.4) is 0 Å². The van der Waals surface area contributed by atoms with Crippen LogP contribution in [0.25, 0.3) is 0 Å². The van der Waals surface area contributed by atoms with Gasteiger partial charge in [0.05, 0.1) is 11.4 Å². The minimum atomic E-state index is -3.60. The second-order valence-corrected chi connectivity index (χ2v) is 6.89. The van der Waals surface area contributed by atoms with E-state index in [1.165, 1.54) is 0 Å². The molecule has 6 heteroatoms. The molecular weight excluding hydrogens is 304 g/mol. The van der Waals surface area contributed by atoms with Gasteiger partial charge in [0.2, 0.25) is 10.0 Å². The van der Waals surface area contributed by atoms with Crippen molar-refractivity contribution in [3.63, 3.8) is 0 Å². The average molecular weight is 320 g/mol. The van der Waals surface area contributed by atoms with Gasteiger partial charge in [-0.3, -0.25) is 0 Å². The van der Waals surface area contributed by atoms with Crippen LogP contribution < -0.4 is 10.5 Å². The van der Waals surface area contributed by atoms with Gasteiger partial charge in [0.25, 0.3) is 0 Å². The Hall–Kier alpha value is -1.65. The van der Waals surface area contributed by atoms with Gasteiger partial charge in [0.15, 0.2) is 0 Å². The summed E-state index contributed by atoms with van der Waals surface area (Å²) in [5, 5.41) is 3.93. The molecular formula is C15H16N2O2S2. The second-order valence-electron chi connectivity index (χ2n) is 4.41. The summed E-state index contributed by atoms with van der Waals surface area (Å²) in [5.74, 6) is 5.47. The molecule has 1 aromatic carbocycles. The molecule has 0 fully saturated rings. The van der Waals surface area contributed by atoms with Crippen molar-refractivity contribution in [2.24, 2.45) is 5.73 Å². The summed E-state index contributed by atoms with van der Waals surface area (Å²) < 4.78 is 27.4. The molecule has 3 N–H and O–H groups in total. The average Bonchev–Trinajstić information content (AvgIpc) is 2.89. The van der Waals surface area contributed by atoms with Crippen molar-refractivity contribution in [3.05, 3.63) is 51.7 Å². The minimum absolute atomic E-state index is 0.179. The molecule has 0 saturated carbocycles. The maximum atomic E-state index is 12.4. The molecule has 0 saturated heterocycles. The fourth-order valence-corrected chi connectivity index (χ4v) is 3.79. The fourth-order valence-electron chi connectivity index (χ4n) is 1.77. The van der Waals surface area contributed by atoms with Gasteiger partial charge in [-0.25, -0.2) is 13.1 Å². The Morgan fingerprint density at radius 3 is 2.71 bits per heavy atom. The van der Waals surface area contributed by atoms with Crippen LogP contribution in [-0.4, -0.2) is 15.0 Å². The van der Waals surface area contributed by atoms with Crippen molar-refractivity contribution in [3.8, 4) is 11.8 Å². The molecule has 0 amide bonds. The normalized spacial score (nSPS) is 11.0. The predicted molar refractivity (Wildman–Crippen MR) is 85.5 cm³/mol. The lowest BCUT2D eigenvalue weighted by Crippen LogP contribution is -2.24. The van der Waals surface area contributed by atoms with Crippen molar-refractivity contribution in [1.29, 1.82) is 0 Å². The van der Waals surface area contributed by atoms with Crippen LogP contribution in [0.5, 0.6) is 0 Å². The number of thiophene rings is 1. The Kier molecular flexibility index (Phi) is 5.15. The zero-order valence-corrected chi connectivity index (χ0v) is 13.2. The molecule has 1 heterocycles. The summed E-state index contributed by atoms with van der Waals surface area (Å²) in [6.45, 7) is 2.42. The summed E-state index contributed by atoms with van der Waals surface area (Å²) in [6.07, 6.45) is 0. The number of benzene rings is 1. The van der Waals surface area contributed by atoms with Gasteiger partial charge in [0, 0.05) is 12.1 Å². The number of rotatable bonds is 4. The molecule has 0 spiro atoms. The largest absolute Gasteiger partial charge is 0.320 e. The first kappa shape index (κ1) is 15.7. The van der Waals surface area contributed by atoms with Crippen molar-refractivity contribution in [2.45, 2.75) is 18.4 Å². The lowest BCUT2D eigenvalue weighted by Gasteiger charge is -2.08. The third-order valence-electron chi connectivity index (χ3n) is 2.92. The SMILES string of the molecule is Cc1cscc1CNS(=O)(=O)c1ccccc1C#CCN. The fraction of sp³-hybridized carbons (Fsp3) is 0.200. The van der Waals surface area contributed by atoms with Crippen LogP contribution in [0.4, 0.5) is 0 Å². The van der Waals surface area contributed by atoms with Crippen molar-refractivity contribution in [1.82, 2.24) is 4.72 Å². The highest BCUT2D eigenvalue weighted by molar-refractivity contribution is 7.89. The predicted octanol–water partition coefficient (Wildman–Crippen LogP) is 1.85. The maximum Gasteiger partial charge on any atom is 0.242 e. The van der Waals surface area contributed by atoms with Gasteiger partial charge in [-0.1, -0.05) is 24.0 Å². The first-order valence-electron chi connectivity index (χ1n) is 6.34. The summed E-state index contributed by atoms with van der Waals surface area (Å²) in [6, 6.07) is 6.65. The number of nitrogens with one attached hydrogen (secondary N) is 1. The van der Waals surface area contributed by atoms with E-state index in [1.54, 1.807) is 35.6 Å². The molecule has 0 radical (unpaired) electrons. The standard InChI is InChI=1S/C15H16N2O2S2/c1-12-10-20-11-14(12)9-17-21(18,19)15-7-3-2-5-13(15)6-4-8-16/h2-3,5,7,10-11,17H,8-9,16H2,1H3. The van der Waals surface area contributed by atoms with Gasteiger partial charge >= 0.3 is 0 Å². The van der Waals surface area contributed by atoms with Crippen molar-refractivity contribution in [2.75, 3.05) is 6.54 Å². The molecule has 21 heavy (non-hydrogen) atoms. The van der Waals surface area contributed by atoms with Crippen LogP contribution in [0.15, 0.2) is 39.9 Å². The number of hydrogen-bond donors (Lipinski definition) is 2. The zero-order chi connectivity index (χ0) is 15.3. The van der Waals surface area contributed by atoms with Crippen LogP contribution in [0, 0.1) is 18.8 Å². The highest BCUT2D eigenvalue weighted by atomic mass is 32.2. The quantitative estimate of drug-likeness (QED) is 0.845. The molecule has 0 aliphatic carbocycles. The van der Waals surface area contributed by atoms with E-state index in [-0.39, 0.29) is 18.0 Å². The van der Waals surface area contributed by atoms with E-state index < -0.39 is 10.0 Å². The van der Waals surface area contributed by atoms with Crippen molar-refractivity contribution < 1.29 is 8.42 Å². The smallest absolute Gasteiger partial charge is 0.242 e. The number of hydrogen-bond acceptors (Lipinski definition) is 4. The van der Waals surface area contributed by atoms with Gasteiger partial charge in [-0.15, -0.1) is 0 Å². The van der Waals surface area contributed by atoms with Crippen LogP contribution in [0.2, 0.25) is 0 Å². The molecule has 0 aliphatic rings. The van der Waals surface area contributed by atoms with Gasteiger partial charge in [0.1, 0.15) is 0 Å². The Bertz CT molecular complexity index is 783. The van der Waals surface area contributed by atoms with Crippen molar-refractivity contribution >= 4 is 21.4 Å². The number of aryl methyl sites for hydroxylation is 1. The molecule has 1 aromatic heterocycles. The summed E-state index contributed by atoms with van der Waals surface area (Å²) in [4.78, 5) is 0.179. The minimum Gasteiger partial charge on any atom is -0.320 e. The third-order valence-corrected chi connectivity index (χ3v) is 5.29. The first-order chi connectivity index (χ1) is 10.0. The van der Waals surface area contributed by atoms with E-state index in [9.17, 15) is 8.42 Å². The third kappa shape index (κ3) is 3.93. The molecule has 0 aliphatic heterocycles. The Balaban J connectivity index is 2.26. The molecule has 2 aromatic rings. The molecule has 4 nitrogen and oxygen atoms in total. The van der Waals surface area contributed by atoms with E-state index in [1.807, 2.05) is 17.7 Å². The number of sulfonamides is 1. The highest BCUT2D eigenvalue weighted by Crippen LogP contribution is 2.17. The maximum absolute atomic E-state index is 12.4. The van der Waals surface area contributed by atoms with Crippen LogP contribution >= 0.6 is 11.3 Å². The van der Waals surface area contributed by atoms with Gasteiger partial charge in [-0.05, 0) is 40.9 Å². The lowest BCUT2D eigenvalue weighted by molar-refractivity contribution is 0.581. The second kappa shape index (κ2) is 6.87. The summed E-state index contributed by atoms with van der Waals surface area (Å²) in [7, 11) is -3.60. The van der Waals surface area contributed by atoms with E-state index in [0.717, 1.165) is 11.1 Å². The molecule has 110 valence electrons. The first-order valence-corrected chi connectivity index (χ1v) is 8.76. The van der Waals surface area contributed by atoms with Gasteiger partial charge < -0.3 is 5.73 Å². The monoisotopic (exact) mass is 320 g/mol. The molecule has 0 unspecified atom stereocenters. The van der Waals surface area contributed by atoms with E-state index in [2.05, 4.69) is 16.6 Å². The number of nitrogens with two attached hydrogens (primary N) is 1. The molecule has 0 bridgehead atoms. The highest BCUT2D eigenvalue weighted by Gasteiger charge is 2.17. The topological polar surface area (TPSA) is 72.2 Å². The molecule has 0 atom stereocenters. The van der Waals surface area contributed by atoms with Crippen LogP contribution in [0.1, 0.15) is 16.7 Å². The van der Waals surface area contributed by atoms with E-state index >= 15 is 0 Å². The Labute approximate surface area is 129 Å². The Morgan fingerprint density at radius 2 is 2.05 bits per heavy atom. The van der Waals surface area contributed by atoms with Gasteiger partial charge in [-0.2, -0.15) is 11.3 Å². The zero-order valence-electron chi connectivity index (χ0n) is 11.6.